The van der Waals surface area contributed by atoms with Gasteiger partial charge in [-0.05, 0) is 5.56 Å². The lowest BCUT2D eigenvalue weighted by molar-refractivity contribution is 0.0936. The molecule has 1 aliphatic rings. The molecule has 0 radical (unpaired) electrons. The van der Waals surface area contributed by atoms with E-state index >= 15 is 0 Å². The van der Waals surface area contributed by atoms with Crippen molar-refractivity contribution in [2.75, 3.05) is 19.0 Å². The highest BCUT2D eigenvalue weighted by Crippen LogP contribution is 2.61. The summed E-state index contributed by atoms with van der Waals surface area (Å²) in [5, 5.41) is 5.87. The van der Waals surface area contributed by atoms with Crippen LogP contribution in [0.15, 0.2) is 36.5 Å². The predicted octanol–water partition coefficient (Wildman–Crippen LogP) is 3.32. The van der Waals surface area contributed by atoms with Crippen LogP contribution in [0.3, 0.4) is 0 Å². The van der Waals surface area contributed by atoms with Gasteiger partial charge in [0.15, 0.2) is 10.2 Å². The van der Waals surface area contributed by atoms with Crippen molar-refractivity contribution in [1.29, 1.82) is 0 Å². The van der Waals surface area contributed by atoms with Gasteiger partial charge in [0.25, 0.3) is 5.92 Å². The number of rotatable bonds is 5. The molecule has 0 bridgehead atoms. The topological polar surface area (TPSA) is 63.2 Å². The Kier molecular flexibility index (Phi) is 4.16. The zero-order valence-electron chi connectivity index (χ0n) is 12.3. The van der Waals surface area contributed by atoms with Crippen molar-refractivity contribution in [2.45, 2.75) is 11.8 Å². The van der Waals surface area contributed by atoms with E-state index in [1.165, 1.54) is 13.3 Å². The number of hydrogen-bond acceptors (Lipinski definition) is 4. The maximum atomic E-state index is 13.9. The summed E-state index contributed by atoms with van der Waals surface area (Å²) in [6, 6.07) is 8.05. The van der Waals surface area contributed by atoms with Crippen LogP contribution in [-0.2, 0) is 0 Å². The standard InChI is InChI=1S/C15H15F2N3O2S/c1-22-11-8-19-14(23-11)20-13(21)18-7-10-12(15(10,16)17)9-5-3-2-4-6-9/h2-6,8,10,12H,7H2,1H3,(H2,18,19,20,21)/t10-,12-/m0/s1. The first-order valence-electron chi connectivity index (χ1n) is 7.00. The van der Waals surface area contributed by atoms with Gasteiger partial charge in [0.05, 0.1) is 25.1 Å². The van der Waals surface area contributed by atoms with Crippen LogP contribution in [0.4, 0.5) is 18.7 Å². The Hall–Kier alpha value is -2.22. The summed E-state index contributed by atoms with van der Waals surface area (Å²) in [4.78, 5) is 15.7. The van der Waals surface area contributed by atoms with Crippen molar-refractivity contribution < 1.29 is 18.3 Å². The van der Waals surface area contributed by atoms with E-state index in [1.807, 2.05) is 0 Å². The zero-order valence-corrected chi connectivity index (χ0v) is 13.1. The molecule has 2 atom stereocenters. The van der Waals surface area contributed by atoms with Crippen LogP contribution in [0.25, 0.3) is 0 Å². The number of amides is 2. The van der Waals surface area contributed by atoms with Crippen molar-refractivity contribution in [3.8, 4) is 5.06 Å². The van der Waals surface area contributed by atoms with Gasteiger partial charge in [0, 0.05) is 6.54 Å². The van der Waals surface area contributed by atoms with Crippen LogP contribution in [0.1, 0.15) is 11.5 Å². The summed E-state index contributed by atoms with van der Waals surface area (Å²) < 4.78 is 32.7. The lowest BCUT2D eigenvalue weighted by Crippen LogP contribution is -2.31. The number of halogens is 2. The molecule has 1 heterocycles. The second kappa shape index (κ2) is 6.11. The Balaban J connectivity index is 1.53. The summed E-state index contributed by atoms with van der Waals surface area (Å²) in [7, 11) is 1.50. The van der Waals surface area contributed by atoms with Crippen LogP contribution in [0.5, 0.6) is 5.06 Å². The molecule has 2 aromatic rings. The summed E-state index contributed by atoms with van der Waals surface area (Å²) in [6.45, 7) is -0.0963. The molecule has 1 fully saturated rings. The van der Waals surface area contributed by atoms with E-state index in [1.54, 1.807) is 30.3 Å². The van der Waals surface area contributed by atoms with Crippen LogP contribution in [0, 0.1) is 5.92 Å². The Morgan fingerprint density at radius 3 is 2.78 bits per heavy atom. The Bertz CT molecular complexity index is 693. The van der Waals surface area contributed by atoms with Crippen LogP contribution >= 0.6 is 11.3 Å². The lowest BCUT2D eigenvalue weighted by Gasteiger charge is -2.04. The summed E-state index contributed by atoms with van der Waals surface area (Å²) >= 11 is 1.15. The highest BCUT2D eigenvalue weighted by Gasteiger charge is 2.68. The van der Waals surface area contributed by atoms with Crippen molar-refractivity contribution in [1.82, 2.24) is 10.3 Å². The first-order chi connectivity index (χ1) is 11.0. The van der Waals surface area contributed by atoms with Gasteiger partial charge in [-0.15, -0.1) is 0 Å². The number of aromatic nitrogens is 1. The van der Waals surface area contributed by atoms with Gasteiger partial charge < -0.3 is 10.1 Å². The van der Waals surface area contributed by atoms with Gasteiger partial charge in [0.1, 0.15) is 0 Å². The third-order valence-electron chi connectivity index (χ3n) is 3.75. The van der Waals surface area contributed by atoms with Crippen molar-refractivity contribution >= 4 is 22.5 Å². The maximum Gasteiger partial charge on any atom is 0.321 e. The van der Waals surface area contributed by atoms with Crippen molar-refractivity contribution in [3.63, 3.8) is 0 Å². The van der Waals surface area contributed by atoms with Gasteiger partial charge >= 0.3 is 6.03 Å². The second-order valence-corrected chi connectivity index (χ2v) is 6.19. The Labute approximate surface area is 135 Å². The molecule has 122 valence electrons. The minimum atomic E-state index is -2.79. The quantitative estimate of drug-likeness (QED) is 0.878. The third kappa shape index (κ3) is 3.26. The van der Waals surface area contributed by atoms with Gasteiger partial charge in [-0.1, -0.05) is 41.7 Å². The first kappa shape index (κ1) is 15.7. The number of nitrogens with zero attached hydrogens (tertiary/aromatic N) is 1. The van der Waals surface area contributed by atoms with E-state index in [0.717, 1.165) is 11.3 Å². The number of benzene rings is 1. The third-order valence-corrected chi connectivity index (χ3v) is 4.62. The molecule has 2 N–H and O–H groups in total. The number of carbonyl (C=O) groups is 1. The number of thiazole rings is 1. The number of hydrogen-bond donors (Lipinski definition) is 2. The Morgan fingerprint density at radius 1 is 1.39 bits per heavy atom. The average molecular weight is 339 g/mol. The number of ether oxygens (including phenoxy) is 1. The number of urea groups is 1. The van der Waals surface area contributed by atoms with Gasteiger partial charge in [0.2, 0.25) is 0 Å². The minimum absolute atomic E-state index is 0.0963. The molecular formula is C15H15F2N3O2S. The molecule has 2 amide bonds. The molecule has 5 nitrogen and oxygen atoms in total. The maximum absolute atomic E-state index is 13.9. The first-order valence-corrected chi connectivity index (χ1v) is 7.81. The van der Waals surface area contributed by atoms with Crippen LogP contribution in [0.2, 0.25) is 0 Å². The molecule has 0 unspecified atom stereocenters. The number of alkyl halides is 2. The summed E-state index contributed by atoms with van der Waals surface area (Å²) in [5.74, 6) is -4.52. The Morgan fingerprint density at radius 2 is 2.13 bits per heavy atom. The molecule has 1 saturated carbocycles. The van der Waals surface area contributed by atoms with E-state index < -0.39 is 23.8 Å². The van der Waals surface area contributed by atoms with Crippen molar-refractivity contribution in [2.24, 2.45) is 5.92 Å². The fourth-order valence-corrected chi connectivity index (χ4v) is 3.14. The SMILES string of the molecule is COc1cnc(NC(=O)NC[C@H]2[C@H](c3ccccc3)C2(F)F)s1. The number of anilines is 1. The molecule has 8 heteroatoms. The fraction of sp³-hybridized carbons (Fsp3) is 0.333. The van der Waals surface area contributed by atoms with Gasteiger partial charge in [-0.3, -0.25) is 5.32 Å². The van der Waals surface area contributed by atoms with Crippen molar-refractivity contribution in [3.05, 3.63) is 42.1 Å². The lowest BCUT2D eigenvalue weighted by atomic mass is 10.1. The van der Waals surface area contributed by atoms with E-state index in [9.17, 15) is 13.6 Å². The molecular weight excluding hydrogens is 324 g/mol. The molecule has 0 spiro atoms. The molecule has 0 saturated heterocycles. The molecule has 1 aromatic heterocycles. The number of methoxy groups -OCH3 is 1. The molecule has 3 rings (SSSR count). The van der Waals surface area contributed by atoms with Crippen LogP contribution in [-0.4, -0.2) is 30.6 Å². The van der Waals surface area contributed by atoms with Gasteiger partial charge in [-0.2, -0.15) is 0 Å². The molecule has 1 aliphatic carbocycles. The minimum Gasteiger partial charge on any atom is -0.486 e. The van der Waals surface area contributed by atoms with Gasteiger partial charge in [-0.25, -0.2) is 18.6 Å². The highest BCUT2D eigenvalue weighted by molar-refractivity contribution is 7.17. The molecule has 1 aromatic carbocycles. The highest BCUT2D eigenvalue weighted by atomic mass is 32.1. The molecule has 0 aliphatic heterocycles. The number of carbonyl (C=O) groups excluding carboxylic acids is 1. The largest absolute Gasteiger partial charge is 0.486 e. The molecule has 23 heavy (non-hydrogen) atoms. The number of nitrogens with one attached hydrogen (secondary N) is 2. The normalized spacial score (nSPS) is 21.5. The van der Waals surface area contributed by atoms with E-state index in [-0.39, 0.29) is 6.54 Å². The van der Waals surface area contributed by atoms with Crippen LogP contribution < -0.4 is 15.4 Å². The van der Waals surface area contributed by atoms with E-state index in [0.29, 0.717) is 15.8 Å². The fourth-order valence-electron chi connectivity index (χ4n) is 2.51. The monoisotopic (exact) mass is 339 g/mol. The average Bonchev–Trinajstić information content (AvgIpc) is 2.86. The van der Waals surface area contributed by atoms with E-state index in [2.05, 4.69) is 15.6 Å². The smallest absolute Gasteiger partial charge is 0.321 e. The zero-order chi connectivity index (χ0) is 16.4. The summed E-state index contributed by atoms with van der Waals surface area (Å²) in [5.41, 5.74) is 0.592. The summed E-state index contributed by atoms with van der Waals surface area (Å²) in [6.07, 6.45) is 1.47. The predicted molar refractivity (Wildman–Crippen MR) is 83.3 cm³/mol. The van der Waals surface area contributed by atoms with E-state index in [4.69, 9.17) is 4.74 Å². The second-order valence-electron chi connectivity index (χ2n) is 5.19.